The Bertz CT molecular complexity index is 425. The Labute approximate surface area is 94.7 Å². The lowest BCUT2D eigenvalue weighted by Crippen LogP contribution is -1.95. The summed E-state index contributed by atoms with van der Waals surface area (Å²) in [6.45, 7) is 0.537. The van der Waals surface area contributed by atoms with E-state index in [1.807, 2.05) is 36.4 Å². The zero-order valence-electron chi connectivity index (χ0n) is 9.09. The highest BCUT2D eigenvalue weighted by Crippen LogP contribution is 2.14. The fourth-order valence-corrected chi connectivity index (χ4v) is 1.32. The van der Waals surface area contributed by atoms with Crippen LogP contribution in [0.2, 0.25) is 0 Å². The number of hydrogen-bond acceptors (Lipinski definition) is 3. The van der Waals surface area contributed by atoms with Crippen LogP contribution >= 0.6 is 0 Å². The van der Waals surface area contributed by atoms with Gasteiger partial charge in [0.05, 0.1) is 13.3 Å². The second kappa shape index (κ2) is 5.16. The van der Waals surface area contributed by atoms with Gasteiger partial charge < -0.3 is 9.47 Å². The molecule has 82 valence electrons. The van der Waals surface area contributed by atoms with E-state index in [1.54, 1.807) is 19.5 Å². The van der Waals surface area contributed by atoms with E-state index >= 15 is 0 Å². The molecule has 0 radical (unpaired) electrons. The third kappa shape index (κ3) is 2.73. The Morgan fingerprint density at radius 2 is 1.88 bits per heavy atom. The van der Waals surface area contributed by atoms with Crippen LogP contribution in [0.15, 0.2) is 48.8 Å². The summed E-state index contributed by atoms with van der Waals surface area (Å²) in [7, 11) is 1.65. The van der Waals surface area contributed by atoms with Crippen LogP contribution in [0.3, 0.4) is 0 Å². The lowest BCUT2D eigenvalue weighted by atomic mass is 10.2. The largest absolute Gasteiger partial charge is 0.497 e. The van der Waals surface area contributed by atoms with E-state index in [9.17, 15) is 0 Å². The highest BCUT2D eigenvalue weighted by molar-refractivity contribution is 5.27. The molecule has 0 amide bonds. The first-order valence-corrected chi connectivity index (χ1v) is 5.04. The first kappa shape index (κ1) is 10.5. The van der Waals surface area contributed by atoms with E-state index in [0.717, 1.165) is 17.1 Å². The van der Waals surface area contributed by atoms with Gasteiger partial charge in [-0.15, -0.1) is 0 Å². The number of ether oxygens (including phenoxy) is 2. The first-order valence-electron chi connectivity index (χ1n) is 5.04. The van der Waals surface area contributed by atoms with E-state index in [1.165, 1.54) is 0 Å². The smallest absolute Gasteiger partial charge is 0.138 e. The number of rotatable bonds is 4. The maximum absolute atomic E-state index is 5.56. The van der Waals surface area contributed by atoms with Crippen molar-refractivity contribution in [2.24, 2.45) is 0 Å². The number of hydrogen-bond donors (Lipinski definition) is 0. The molecule has 3 heteroatoms. The summed E-state index contributed by atoms with van der Waals surface area (Å²) >= 11 is 0. The zero-order chi connectivity index (χ0) is 11.2. The molecule has 3 nitrogen and oxygen atoms in total. The Morgan fingerprint density at radius 1 is 1.06 bits per heavy atom. The molecule has 0 saturated heterocycles. The number of nitrogens with zero attached hydrogens (tertiary/aromatic N) is 1. The molecule has 1 aromatic carbocycles. The molecule has 0 unspecified atom stereocenters. The maximum atomic E-state index is 5.56. The molecule has 0 aliphatic rings. The van der Waals surface area contributed by atoms with Crippen molar-refractivity contribution in [3.63, 3.8) is 0 Å². The van der Waals surface area contributed by atoms with E-state index in [-0.39, 0.29) is 0 Å². The minimum Gasteiger partial charge on any atom is -0.497 e. The monoisotopic (exact) mass is 215 g/mol. The molecule has 2 aromatic rings. The van der Waals surface area contributed by atoms with Crippen LogP contribution in [-0.4, -0.2) is 12.1 Å². The minimum absolute atomic E-state index is 0.537. The van der Waals surface area contributed by atoms with E-state index in [2.05, 4.69) is 4.98 Å². The number of benzene rings is 1. The van der Waals surface area contributed by atoms with Crippen LogP contribution in [0.25, 0.3) is 0 Å². The predicted octanol–water partition coefficient (Wildman–Crippen LogP) is 2.67. The van der Waals surface area contributed by atoms with Crippen LogP contribution in [0.4, 0.5) is 0 Å². The van der Waals surface area contributed by atoms with Gasteiger partial charge in [-0.05, 0) is 29.8 Å². The van der Waals surface area contributed by atoms with Crippen molar-refractivity contribution >= 4 is 0 Å². The van der Waals surface area contributed by atoms with Crippen molar-refractivity contribution in [3.8, 4) is 11.5 Å². The molecule has 0 saturated carbocycles. The summed E-state index contributed by atoms with van der Waals surface area (Å²) in [5.74, 6) is 1.63. The van der Waals surface area contributed by atoms with Crippen LogP contribution in [0, 0.1) is 0 Å². The van der Waals surface area contributed by atoms with Gasteiger partial charge in [-0.25, -0.2) is 0 Å². The van der Waals surface area contributed by atoms with Crippen LogP contribution in [0.5, 0.6) is 11.5 Å². The van der Waals surface area contributed by atoms with Gasteiger partial charge in [0.25, 0.3) is 0 Å². The van der Waals surface area contributed by atoms with Gasteiger partial charge >= 0.3 is 0 Å². The highest BCUT2D eigenvalue weighted by atomic mass is 16.5. The molecule has 2 rings (SSSR count). The van der Waals surface area contributed by atoms with E-state index in [4.69, 9.17) is 9.47 Å². The van der Waals surface area contributed by atoms with Crippen LogP contribution in [0.1, 0.15) is 5.56 Å². The molecule has 0 fully saturated rings. The Hall–Kier alpha value is -2.03. The normalized spacial score (nSPS) is 9.81. The molecule has 0 spiro atoms. The van der Waals surface area contributed by atoms with Gasteiger partial charge in [-0.3, -0.25) is 4.98 Å². The summed E-state index contributed by atoms with van der Waals surface area (Å²) in [4.78, 5) is 3.98. The summed E-state index contributed by atoms with van der Waals surface area (Å²) in [6, 6.07) is 11.5. The first-order chi connectivity index (χ1) is 7.88. The molecular formula is C13H13NO2. The van der Waals surface area contributed by atoms with Gasteiger partial charge in [0.15, 0.2) is 0 Å². The predicted molar refractivity (Wildman–Crippen MR) is 61.6 cm³/mol. The molecule has 0 aliphatic heterocycles. The quantitative estimate of drug-likeness (QED) is 0.785. The summed E-state index contributed by atoms with van der Waals surface area (Å²) < 4.78 is 10.6. The van der Waals surface area contributed by atoms with Crippen molar-refractivity contribution in [3.05, 3.63) is 54.4 Å². The Kier molecular flexibility index (Phi) is 3.38. The summed E-state index contributed by atoms with van der Waals surface area (Å²) in [5, 5.41) is 0. The average molecular weight is 215 g/mol. The second-order valence-corrected chi connectivity index (χ2v) is 3.33. The minimum atomic E-state index is 0.537. The third-order valence-electron chi connectivity index (χ3n) is 2.20. The maximum Gasteiger partial charge on any atom is 0.138 e. The number of aromatic nitrogens is 1. The summed E-state index contributed by atoms with van der Waals surface area (Å²) in [6.07, 6.45) is 3.42. The lowest BCUT2D eigenvalue weighted by molar-refractivity contribution is 0.304. The van der Waals surface area contributed by atoms with Gasteiger partial charge in [-0.2, -0.15) is 0 Å². The van der Waals surface area contributed by atoms with E-state index < -0.39 is 0 Å². The van der Waals surface area contributed by atoms with Crippen LogP contribution < -0.4 is 9.47 Å². The van der Waals surface area contributed by atoms with E-state index in [0.29, 0.717) is 6.61 Å². The standard InChI is InChI=1S/C13H13NO2/c1-15-12-6-4-11(5-7-12)10-16-13-3-2-8-14-9-13/h2-9H,10H2,1H3. The molecule has 0 atom stereocenters. The molecular weight excluding hydrogens is 202 g/mol. The topological polar surface area (TPSA) is 31.4 Å². The number of pyridine rings is 1. The lowest BCUT2D eigenvalue weighted by Gasteiger charge is -2.06. The molecule has 0 bridgehead atoms. The van der Waals surface area contributed by atoms with Gasteiger partial charge in [0, 0.05) is 6.20 Å². The molecule has 0 N–H and O–H groups in total. The van der Waals surface area contributed by atoms with Crippen molar-refractivity contribution in [2.45, 2.75) is 6.61 Å². The van der Waals surface area contributed by atoms with Gasteiger partial charge in [0.2, 0.25) is 0 Å². The van der Waals surface area contributed by atoms with Crippen molar-refractivity contribution in [1.29, 1.82) is 0 Å². The molecule has 1 heterocycles. The Morgan fingerprint density at radius 3 is 2.50 bits per heavy atom. The SMILES string of the molecule is COc1ccc(COc2cccnc2)cc1. The van der Waals surface area contributed by atoms with Gasteiger partial charge in [0.1, 0.15) is 18.1 Å². The third-order valence-corrected chi connectivity index (χ3v) is 2.20. The molecule has 0 aliphatic carbocycles. The van der Waals surface area contributed by atoms with Crippen molar-refractivity contribution in [1.82, 2.24) is 4.98 Å². The fourth-order valence-electron chi connectivity index (χ4n) is 1.32. The second-order valence-electron chi connectivity index (χ2n) is 3.33. The van der Waals surface area contributed by atoms with Crippen molar-refractivity contribution < 1.29 is 9.47 Å². The fraction of sp³-hybridized carbons (Fsp3) is 0.154. The van der Waals surface area contributed by atoms with Crippen molar-refractivity contribution in [2.75, 3.05) is 7.11 Å². The molecule has 1 aromatic heterocycles. The Balaban J connectivity index is 1.94. The molecule has 16 heavy (non-hydrogen) atoms. The average Bonchev–Trinajstić information content (AvgIpc) is 2.38. The van der Waals surface area contributed by atoms with Gasteiger partial charge in [-0.1, -0.05) is 12.1 Å². The highest BCUT2D eigenvalue weighted by Gasteiger charge is 1.96. The van der Waals surface area contributed by atoms with Crippen LogP contribution in [-0.2, 0) is 6.61 Å². The number of methoxy groups -OCH3 is 1. The zero-order valence-corrected chi connectivity index (χ0v) is 9.09. The summed E-state index contributed by atoms with van der Waals surface area (Å²) in [5.41, 5.74) is 1.10.